The van der Waals surface area contributed by atoms with Crippen LogP contribution in [0.15, 0.2) is 30.5 Å². The summed E-state index contributed by atoms with van der Waals surface area (Å²) in [6.07, 6.45) is 2.76. The van der Waals surface area contributed by atoms with Crippen molar-refractivity contribution in [2.75, 3.05) is 0 Å². The van der Waals surface area contributed by atoms with Gasteiger partial charge in [-0.3, -0.25) is 9.48 Å². The standard InChI is InChI=1S/C18H18N6O/c1-3-6-24-15(7-10(2)23-24)18-20-9-13-12-8-11(16(19)25)4-5-14(12)21-17(13)22-18/h4-5,7-9H,3,6H2,1-2H3,(H2,19,25)(H,20,21,22). The summed E-state index contributed by atoms with van der Waals surface area (Å²) in [4.78, 5) is 23.9. The van der Waals surface area contributed by atoms with Crippen LogP contribution >= 0.6 is 0 Å². The molecular weight excluding hydrogens is 316 g/mol. The maximum Gasteiger partial charge on any atom is 0.248 e. The number of hydrogen-bond donors (Lipinski definition) is 2. The number of fused-ring (bicyclic) bond motifs is 3. The number of hydrogen-bond acceptors (Lipinski definition) is 4. The Bertz CT molecular complexity index is 1110. The summed E-state index contributed by atoms with van der Waals surface area (Å²) in [7, 11) is 0. The van der Waals surface area contributed by atoms with Crippen LogP contribution in [0.4, 0.5) is 0 Å². The fourth-order valence-corrected chi connectivity index (χ4v) is 3.06. The molecule has 0 aliphatic heterocycles. The molecule has 0 unspecified atom stereocenters. The predicted octanol–water partition coefficient (Wildman–Crippen LogP) is 2.79. The van der Waals surface area contributed by atoms with E-state index in [0.717, 1.165) is 46.3 Å². The third kappa shape index (κ3) is 2.53. The third-order valence-electron chi connectivity index (χ3n) is 4.20. The minimum Gasteiger partial charge on any atom is -0.366 e. The van der Waals surface area contributed by atoms with E-state index in [2.05, 4.69) is 27.0 Å². The van der Waals surface area contributed by atoms with Crippen molar-refractivity contribution in [1.82, 2.24) is 24.7 Å². The van der Waals surface area contributed by atoms with Crippen molar-refractivity contribution >= 4 is 27.8 Å². The SMILES string of the molecule is CCCn1nc(C)cc1-c1ncc2c(n1)[nH]c1ccc(C(N)=O)cc12. The van der Waals surface area contributed by atoms with Crippen LogP contribution in [0.25, 0.3) is 33.5 Å². The summed E-state index contributed by atoms with van der Waals surface area (Å²) >= 11 is 0. The molecule has 4 rings (SSSR count). The average Bonchev–Trinajstić information content (AvgIpc) is 3.14. The van der Waals surface area contributed by atoms with Crippen LogP contribution in [0.5, 0.6) is 0 Å². The van der Waals surface area contributed by atoms with Crippen molar-refractivity contribution in [3.05, 3.63) is 41.7 Å². The summed E-state index contributed by atoms with van der Waals surface area (Å²) in [5.41, 5.74) is 9.30. The number of carbonyl (C=O) groups excluding carboxylic acids is 1. The minimum absolute atomic E-state index is 0.451. The van der Waals surface area contributed by atoms with Crippen molar-refractivity contribution in [3.8, 4) is 11.5 Å². The van der Waals surface area contributed by atoms with Gasteiger partial charge < -0.3 is 10.7 Å². The molecule has 0 saturated heterocycles. The van der Waals surface area contributed by atoms with Gasteiger partial charge in [-0.1, -0.05) is 6.92 Å². The van der Waals surface area contributed by atoms with Gasteiger partial charge in [0.1, 0.15) is 11.3 Å². The van der Waals surface area contributed by atoms with E-state index >= 15 is 0 Å². The Hall–Kier alpha value is -3.22. The number of aromatic nitrogens is 5. The molecule has 7 heteroatoms. The lowest BCUT2D eigenvalue weighted by Gasteiger charge is -2.04. The summed E-state index contributed by atoms with van der Waals surface area (Å²) in [5, 5.41) is 6.25. The molecule has 3 heterocycles. The molecule has 0 saturated carbocycles. The monoisotopic (exact) mass is 334 g/mol. The van der Waals surface area contributed by atoms with E-state index in [1.807, 2.05) is 23.7 Å². The highest BCUT2D eigenvalue weighted by molar-refractivity contribution is 6.08. The molecule has 0 aliphatic rings. The van der Waals surface area contributed by atoms with E-state index < -0.39 is 5.91 Å². The first-order valence-electron chi connectivity index (χ1n) is 8.20. The van der Waals surface area contributed by atoms with Gasteiger partial charge in [-0.25, -0.2) is 9.97 Å². The minimum atomic E-state index is -0.451. The summed E-state index contributed by atoms with van der Waals surface area (Å²) in [6, 6.07) is 7.30. The number of H-pyrrole nitrogens is 1. The van der Waals surface area contributed by atoms with Gasteiger partial charge in [0, 0.05) is 34.6 Å². The number of aromatic amines is 1. The summed E-state index contributed by atoms with van der Waals surface area (Å²) in [6.45, 7) is 4.89. The second-order valence-corrected chi connectivity index (χ2v) is 6.10. The van der Waals surface area contributed by atoms with E-state index in [0.29, 0.717) is 11.4 Å². The van der Waals surface area contributed by atoms with Gasteiger partial charge in [-0.05, 0) is 37.6 Å². The van der Waals surface area contributed by atoms with Crippen LogP contribution in [0.3, 0.4) is 0 Å². The van der Waals surface area contributed by atoms with Gasteiger partial charge in [0.05, 0.1) is 5.69 Å². The molecule has 25 heavy (non-hydrogen) atoms. The Morgan fingerprint density at radius 1 is 1.28 bits per heavy atom. The average molecular weight is 334 g/mol. The Labute approximate surface area is 143 Å². The first-order chi connectivity index (χ1) is 12.1. The van der Waals surface area contributed by atoms with Crippen molar-refractivity contribution in [2.45, 2.75) is 26.8 Å². The quantitative estimate of drug-likeness (QED) is 0.599. The zero-order valence-electron chi connectivity index (χ0n) is 14.1. The van der Waals surface area contributed by atoms with E-state index in [-0.39, 0.29) is 0 Å². The second kappa shape index (κ2) is 5.70. The number of benzene rings is 1. The molecule has 0 atom stereocenters. The number of primary amides is 1. The number of rotatable bonds is 4. The molecule has 0 spiro atoms. The van der Waals surface area contributed by atoms with Gasteiger partial charge in [-0.2, -0.15) is 5.10 Å². The molecule has 1 aromatic carbocycles. The summed E-state index contributed by atoms with van der Waals surface area (Å²) in [5.74, 6) is 0.177. The molecule has 7 nitrogen and oxygen atoms in total. The number of carbonyl (C=O) groups is 1. The van der Waals surface area contributed by atoms with Crippen LogP contribution in [0.2, 0.25) is 0 Å². The highest BCUT2D eigenvalue weighted by Gasteiger charge is 2.14. The van der Waals surface area contributed by atoms with Crippen LogP contribution < -0.4 is 5.73 Å². The molecule has 126 valence electrons. The van der Waals surface area contributed by atoms with Gasteiger partial charge >= 0.3 is 0 Å². The van der Waals surface area contributed by atoms with Crippen LogP contribution in [-0.2, 0) is 6.54 Å². The lowest BCUT2D eigenvalue weighted by Crippen LogP contribution is -2.10. The van der Waals surface area contributed by atoms with Crippen molar-refractivity contribution in [3.63, 3.8) is 0 Å². The van der Waals surface area contributed by atoms with Crippen LogP contribution in [0.1, 0.15) is 29.4 Å². The van der Waals surface area contributed by atoms with Gasteiger partial charge in [-0.15, -0.1) is 0 Å². The Balaban J connectivity index is 1.89. The topological polar surface area (TPSA) is 102 Å². The zero-order chi connectivity index (χ0) is 17.6. The van der Waals surface area contributed by atoms with Crippen molar-refractivity contribution in [2.24, 2.45) is 5.73 Å². The van der Waals surface area contributed by atoms with E-state index in [4.69, 9.17) is 5.73 Å². The van der Waals surface area contributed by atoms with Crippen LogP contribution in [-0.4, -0.2) is 30.6 Å². The highest BCUT2D eigenvalue weighted by Crippen LogP contribution is 2.27. The zero-order valence-corrected chi connectivity index (χ0v) is 14.1. The highest BCUT2D eigenvalue weighted by atomic mass is 16.1. The fourth-order valence-electron chi connectivity index (χ4n) is 3.06. The van der Waals surface area contributed by atoms with Crippen LogP contribution in [0, 0.1) is 6.92 Å². The van der Waals surface area contributed by atoms with E-state index in [1.165, 1.54) is 0 Å². The predicted molar refractivity (Wildman–Crippen MR) is 96.2 cm³/mol. The van der Waals surface area contributed by atoms with E-state index in [9.17, 15) is 4.79 Å². The number of nitrogens with two attached hydrogens (primary N) is 1. The molecule has 0 radical (unpaired) electrons. The smallest absolute Gasteiger partial charge is 0.248 e. The molecule has 0 fully saturated rings. The molecular formula is C18H18N6O. The number of aryl methyl sites for hydroxylation is 2. The number of amides is 1. The second-order valence-electron chi connectivity index (χ2n) is 6.10. The fraction of sp³-hybridized carbons (Fsp3) is 0.222. The Morgan fingerprint density at radius 3 is 2.88 bits per heavy atom. The first-order valence-corrected chi connectivity index (χ1v) is 8.20. The maximum absolute atomic E-state index is 11.4. The molecule has 1 amide bonds. The number of nitrogens with zero attached hydrogens (tertiary/aromatic N) is 4. The summed E-state index contributed by atoms with van der Waals surface area (Å²) < 4.78 is 1.93. The molecule has 0 bridgehead atoms. The van der Waals surface area contributed by atoms with Crippen molar-refractivity contribution in [1.29, 1.82) is 0 Å². The van der Waals surface area contributed by atoms with E-state index in [1.54, 1.807) is 18.3 Å². The normalized spacial score (nSPS) is 11.4. The van der Waals surface area contributed by atoms with Gasteiger partial charge in [0.25, 0.3) is 0 Å². The Morgan fingerprint density at radius 2 is 2.12 bits per heavy atom. The third-order valence-corrected chi connectivity index (χ3v) is 4.20. The molecule has 0 aliphatic carbocycles. The first kappa shape index (κ1) is 15.3. The van der Waals surface area contributed by atoms with Gasteiger partial charge in [0.15, 0.2) is 5.82 Å². The largest absolute Gasteiger partial charge is 0.366 e. The lowest BCUT2D eigenvalue weighted by atomic mass is 10.1. The number of nitrogens with one attached hydrogen (secondary N) is 1. The lowest BCUT2D eigenvalue weighted by molar-refractivity contribution is 0.100. The maximum atomic E-state index is 11.4. The van der Waals surface area contributed by atoms with Gasteiger partial charge in [0.2, 0.25) is 5.91 Å². The molecule has 4 aromatic rings. The van der Waals surface area contributed by atoms with Crippen molar-refractivity contribution < 1.29 is 4.79 Å². The molecule has 3 N–H and O–H groups in total. The Kier molecular flexibility index (Phi) is 3.49. The molecule has 3 aromatic heterocycles.